The fraction of sp³-hybridized carbons (Fsp3) is 1.00. The van der Waals surface area contributed by atoms with Crippen LogP contribution in [0, 0.1) is 0 Å². The lowest BCUT2D eigenvalue weighted by atomic mass is 10.4. The van der Waals surface area contributed by atoms with Crippen molar-refractivity contribution in [3.8, 4) is 0 Å². The third kappa shape index (κ3) is 10.6. The van der Waals surface area contributed by atoms with Crippen molar-refractivity contribution < 1.29 is 35.1 Å². The molecule has 0 saturated carbocycles. The number of hydrogen-bond donors (Lipinski definition) is 0. The van der Waals surface area contributed by atoms with Crippen molar-refractivity contribution >= 4 is 58.0 Å². The summed E-state index contributed by atoms with van der Waals surface area (Å²) in [4.78, 5) is 0. The zero-order valence-electron chi connectivity index (χ0n) is 10.9. The van der Waals surface area contributed by atoms with Crippen molar-refractivity contribution in [2.75, 3.05) is 6.67 Å². The van der Waals surface area contributed by atoms with Gasteiger partial charge in [0.1, 0.15) is 6.67 Å². The van der Waals surface area contributed by atoms with Crippen LogP contribution in [-0.2, 0) is 0 Å². The van der Waals surface area contributed by atoms with Crippen LogP contribution in [0.25, 0.3) is 0 Å². The Labute approximate surface area is 147 Å². The molecule has 0 unspecified atom stereocenters. The summed E-state index contributed by atoms with van der Waals surface area (Å²) in [7, 11) is 0. The van der Waals surface area contributed by atoms with Gasteiger partial charge in [0, 0.05) is 0 Å². The van der Waals surface area contributed by atoms with E-state index in [2.05, 4.69) is 71.9 Å². The van der Waals surface area contributed by atoms with Gasteiger partial charge in [0.15, 0.2) is 0 Å². The summed E-state index contributed by atoms with van der Waals surface area (Å²) in [6.07, 6.45) is -7.62. The van der Waals surface area contributed by atoms with Gasteiger partial charge in [0.25, 0.3) is 3.79 Å². The number of rotatable bonds is 2. The molecule has 0 aliphatic carbocycles. The van der Waals surface area contributed by atoms with Crippen LogP contribution >= 0.6 is 58.0 Å². The largest absolute Gasteiger partial charge is 0.424 e. The molecular weight excluding hydrogens is 437 g/mol. The molecule has 0 atom stereocenters. The molecule has 0 nitrogen and oxygen atoms in total. The molecule has 22 heavy (non-hydrogen) atoms. The molecule has 0 N–H and O–H groups in total. The van der Waals surface area contributed by atoms with Gasteiger partial charge >= 0.3 is 18.5 Å². The molecule has 0 aliphatic heterocycles. The summed E-state index contributed by atoms with van der Waals surface area (Å²) < 4.78 is 85.2. The number of halogens is 13. The molecule has 0 bridgehead atoms. The average Bonchev–Trinajstić information content (AvgIpc) is 2.27. The van der Waals surface area contributed by atoms with Gasteiger partial charge in [-0.25, -0.2) is 13.2 Å². The Bertz CT molecular complexity index is 287. The standard InChI is InChI=1S/C3HCl3F4.C3H2Cl2F4.C3H8/c4-3(5,6)2(9,10)1(7)8;4-2(5,1-6)3(7,8)9;1-3-2/h1H;1H2;3H2,1-2H3. The summed E-state index contributed by atoms with van der Waals surface area (Å²) in [6, 6.07) is 0. The van der Waals surface area contributed by atoms with E-state index in [1.54, 1.807) is 0 Å². The van der Waals surface area contributed by atoms with Crippen molar-refractivity contribution in [3.63, 3.8) is 0 Å². The molecule has 0 aromatic rings. The summed E-state index contributed by atoms with van der Waals surface area (Å²) in [6.45, 7) is 2.42. The van der Waals surface area contributed by atoms with E-state index >= 15 is 0 Å². The van der Waals surface area contributed by atoms with Crippen LogP contribution in [0.5, 0.6) is 0 Å². The molecule has 0 fully saturated rings. The van der Waals surface area contributed by atoms with E-state index in [9.17, 15) is 35.1 Å². The van der Waals surface area contributed by atoms with Gasteiger partial charge in [0.2, 0.25) is 4.33 Å². The predicted molar refractivity (Wildman–Crippen MR) is 73.7 cm³/mol. The normalized spacial score (nSPS) is 13.1. The molecule has 0 spiro atoms. The van der Waals surface area contributed by atoms with E-state index in [0.29, 0.717) is 0 Å². The Morgan fingerprint density at radius 2 is 1.09 bits per heavy atom. The van der Waals surface area contributed by atoms with Crippen molar-refractivity contribution in [1.82, 2.24) is 0 Å². The van der Waals surface area contributed by atoms with Crippen LogP contribution in [0.4, 0.5) is 35.1 Å². The highest BCUT2D eigenvalue weighted by molar-refractivity contribution is 6.68. The van der Waals surface area contributed by atoms with E-state index in [1.807, 2.05) is 0 Å². The molecule has 0 aromatic carbocycles. The Kier molecular flexibility index (Phi) is 13.5. The Balaban J connectivity index is -0.000000279. The SMILES string of the molecule is CCC.FC(F)C(F)(F)C(Cl)(Cl)Cl.FCC(Cl)(Cl)C(F)(F)F. The topological polar surface area (TPSA) is 0 Å². The maximum atomic E-state index is 11.9. The quantitative estimate of drug-likeness (QED) is 0.306. The maximum absolute atomic E-state index is 11.9. The highest BCUT2D eigenvalue weighted by Crippen LogP contribution is 2.45. The van der Waals surface area contributed by atoms with Gasteiger partial charge in [-0.05, 0) is 0 Å². The fourth-order valence-electron chi connectivity index (χ4n) is 0.199. The third-order valence-electron chi connectivity index (χ3n) is 1.23. The number of alkyl halides is 13. The predicted octanol–water partition coefficient (Wildman–Crippen LogP) is 7.37. The molecule has 0 radical (unpaired) electrons. The minimum atomic E-state index is -4.90. The minimum Gasteiger partial charge on any atom is -0.247 e. The van der Waals surface area contributed by atoms with Gasteiger partial charge in [-0.1, -0.05) is 78.3 Å². The smallest absolute Gasteiger partial charge is 0.247 e. The summed E-state index contributed by atoms with van der Waals surface area (Å²) in [5.74, 6) is -4.60. The van der Waals surface area contributed by atoms with Crippen LogP contribution < -0.4 is 0 Å². The van der Waals surface area contributed by atoms with Crippen molar-refractivity contribution in [2.45, 2.75) is 46.9 Å². The van der Waals surface area contributed by atoms with Gasteiger partial charge < -0.3 is 0 Å². The lowest BCUT2D eigenvalue weighted by molar-refractivity contribution is -0.144. The monoisotopic (exact) mass is 446 g/mol. The molecule has 0 aliphatic rings. The Hall–Kier alpha value is 0.890. The van der Waals surface area contributed by atoms with Crippen molar-refractivity contribution in [3.05, 3.63) is 0 Å². The molecule has 0 amide bonds. The summed E-state index contributed by atoms with van der Waals surface area (Å²) in [5.41, 5.74) is 0. The first-order valence-electron chi connectivity index (χ1n) is 5.15. The second kappa shape index (κ2) is 10.7. The van der Waals surface area contributed by atoms with Crippen LogP contribution in [0.2, 0.25) is 0 Å². The first-order chi connectivity index (χ1) is 9.42. The first-order valence-corrected chi connectivity index (χ1v) is 7.04. The van der Waals surface area contributed by atoms with E-state index in [-0.39, 0.29) is 0 Å². The van der Waals surface area contributed by atoms with Crippen LogP contribution in [0.3, 0.4) is 0 Å². The zero-order chi connectivity index (χ0) is 19.0. The molecule has 0 heterocycles. The first kappa shape index (κ1) is 27.7. The van der Waals surface area contributed by atoms with Crippen LogP contribution in [0.15, 0.2) is 0 Å². The molecule has 0 saturated heterocycles. The Morgan fingerprint density at radius 3 is 1.09 bits per heavy atom. The third-order valence-corrected chi connectivity index (χ3v) is 2.62. The van der Waals surface area contributed by atoms with Crippen LogP contribution in [0.1, 0.15) is 20.3 Å². The summed E-state index contributed by atoms with van der Waals surface area (Å²) >= 11 is 22.5. The van der Waals surface area contributed by atoms with E-state index in [1.165, 1.54) is 6.42 Å². The van der Waals surface area contributed by atoms with E-state index in [0.717, 1.165) is 0 Å². The van der Waals surface area contributed by atoms with Gasteiger partial charge in [-0.2, -0.15) is 22.0 Å². The van der Waals surface area contributed by atoms with E-state index in [4.69, 9.17) is 0 Å². The van der Waals surface area contributed by atoms with Crippen LogP contribution in [-0.4, -0.2) is 33.3 Å². The average molecular weight is 448 g/mol. The lowest BCUT2D eigenvalue weighted by Gasteiger charge is -2.22. The lowest BCUT2D eigenvalue weighted by Crippen LogP contribution is -2.40. The maximum Gasteiger partial charge on any atom is 0.424 e. The molecule has 0 aromatic heterocycles. The van der Waals surface area contributed by atoms with Gasteiger partial charge in [-0.3, -0.25) is 0 Å². The Morgan fingerprint density at radius 1 is 0.818 bits per heavy atom. The second-order valence-corrected chi connectivity index (χ2v) is 7.23. The van der Waals surface area contributed by atoms with Crippen molar-refractivity contribution in [2.24, 2.45) is 0 Å². The van der Waals surface area contributed by atoms with Gasteiger partial charge in [-0.15, -0.1) is 0 Å². The van der Waals surface area contributed by atoms with Gasteiger partial charge in [0.05, 0.1) is 0 Å². The molecule has 138 valence electrons. The van der Waals surface area contributed by atoms with Crippen molar-refractivity contribution in [1.29, 1.82) is 0 Å². The van der Waals surface area contributed by atoms with E-state index < -0.39 is 33.3 Å². The molecule has 13 heteroatoms. The molecule has 0 rings (SSSR count). The fourth-order valence-corrected chi connectivity index (χ4v) is 0.447. The molecular formula is C9H11Cl5F8. The second-order valence-electron chi connectivity index (χ2n) is 3.46. The highest BCUT2D eigenvalue weighted by Gasteiger charge is 2.58. The highest BCUT2D eigenvalue weighted by atomic mass is 35.6. The number of hydrogen-bond acceptors (Lipinski definition) is 0. The summed E-state index contributed by atoms with van der Waals surface area (Å²) in [5, 5.41) is 0. The zero-order valence-corrected chi connectivity index (χ0v) is 14.7. The minimum absolute atomic E-state index is 1.25.